The summed E-state index contributed by atoms with van der Waals surface area (Å²) in [4.78, 5) is 11.7. The van der Waals surface area contributed by atoms with Crippen LogP contribution in [0.25, 0.3) is 0 Å². The summed E-state index contributed by atoms with van der Waals surface area (Å²) in [5.41, 5.74) is 2.00. The van der Waals surface area contributed by atoms with Crippen molar-refractivity contribution in [1.29, 1.82) is 0 Å². The summed E-state index contributed by atoms with van der Waals surface area (Å²) in [5, 5.41) is 0. The largest absolute Gasteiger partial charge is 0.290 e. The highest BCUT2D eigenvalue weighted by Gasteiger charge is 2.34. The van der Waals surface area contributed by atoms with E-state index >= 15 is 0 Å². The van der Waals surface area contributed by atoms with E-state index in [1.54, 1.807) is 36.5 Å². The Labute approximate surface area is 114 Å². The molecule has 2 aliphatic rings. The smallest absolute Gasteiger partial charge is 0.178 e. The molecule has 0 aliphatic heterocycles. The fourth-order valence-corrected chi connectivity index (χ4v) is 2.04. The molecule has 0 amide bonds. The van der Waals surface area contributed by atoms with Crippen molar-refractivity contribution < 1.29 is 4.79 Å². The highest BCUT2D eigenvalue weighted by atomic mass is 16.1. The maximum absolute atomic E-state index is 11.7. The molecule has 0 heterocycles. The minimum Gasteiger partial charge on any atom is -0.290 e. The maximum Gasteiger partial charge on any atom is 0.178 e. The van der Waals surface area contributed by atoms with E-state index in [2.05, 4.69) is 31.4 Å². The van der Waals surface area contributed by atoms with Crippen molar-refractivity contribution in [2.24, 2.45) is 11.8 Å². The third-order valence-corrected chi connectivity index (χ3v) is 3.26. The average molecular weight is 250 g/mol. The van der Waals surface area contributed by atoms with Gasteiger partial charge in [0.2, 0.25) is 0 Å². The molecule has 0 aromatic carbocycles. The molecule has 0 spiro atoms. The number of hydrogen-bond acceptors (Lipinski definition) is 1. The lowest BCUT2D eigenvalue weighted by atomic mass is 10.1. The molecule has 2 atom stereocenters. The van der Waals surface area contributed by atoms with Crippen LogP contribution in [0, 0.1) is 11.8 Å². The van der Waals surface area contributed by atoms with Crippen LogP contribution in [0.5, 0.6) is 0 Å². The minimum absolute atomic E-state index is 0.0240. The first-order chi connectivity index (χ1) is 9.22. The predicted molar refractivity (Wildman–Crippen MR) is 80.6 cm³/mol. The molecule has 1 nitrogen and oxygen atoms in total. The summed E-state index contributed by atoms with van der Waals surface area (Å²) in [6, 6.07) is 0. The Morgan fingerprint density at radius 1 is 1.21 bits per heavy atom. The van der Waals surface area contributed by atoms with Crippen LogP contribution < -0.4 is 0 Å². The molecule has 2 aliphatic carbocycles. The Balaban J connectivity index is 1.92. The van der Waals surface area contributed by atoms with Crippen molar-refractivity contribution in [1.82, 2.24) is 0 Å². The number of rotatable bonds is 6. The van der Waals surface area contributed by atoms with Crippen LogP contribution in [0.15, 0.2) is 85.1 Å². The fourth-order valence-electron chi connectivity index (χ4n) is 2.04. The molecule has 19 heavy (non-hydrogen) atoms. The van der Waals surface area contributed by atoms with Gasteiger partial charge in [0.25, 0.3) is 0 Å². The van der Waals surface area contributed by atoms with E-state index in [1.165, 1.54) is 6.42 Å². The van der Waals surface area contributed by atoms with Gasteiger partial charge in [0.05, 0.1) is 0 Å². The van der Waals surface area contributed by atoms with Crippen LogP contribution in [0.2, 0.25) is 0 Å². The summed E-state index contributed by atoms with van der Waals surface area (Å²) < 4.78 is 0. The molecule has 1 fully saturated rings. The lowest BCUT2D eigenvalue weighted by Crippen LogP contribution is -1.88. The first kappa shape index (κ1) is 13.3. The van der Waals surface area contributed by atoms with Crippen LogP contribution >= 0.6 is 0 Å². The number of carbonyl (C=O) groups excluding carboxylic acids is 1. The normalized spacial score (nSPS) is 25.3. The molecule has 0 bridgehead atoms. The molecule has 2 unspecified atom stereocenters. The molecule has 0 aromatic rings. The second-order valence-corrected chi connectivity index (χ2v) is 4.76. The Bertz CT molecular complexity index is 538. The van der Waals surface area contributed by atoms with Gasteiger partial charge >= 0.3 is 0 Å². The highest BCUT2D eigenvalue weighted by molar-refractivity contribution is 5.99. The Hall–Kier alpha value is -2.15. The molecule has 96 valence electrons. The summed E-state index contributed by atoms with van der Waals surface area (Å²) >= 11 is 0. The van der Waals surface area contributed by atoms with Gasteiger partial charge in [0, 0.05) is 0 Å². The van der Waals surface area contributed by atoms with Crippen molar-refractivity contribution in [3.05, 3.63) is 85.1 Å². The van der Waals surface area contributed by atoms with E-state index in [1.807, 2.05) is 6.08 Å². The second kappa shape index (κ2) is 6.14. The highest BCUT2D eigenvalue weighted by Crippen LogP contribution is 2.44. The Morgan fingerprint density at radius 3 is 2.74 bits per heavy atom. The van der Waals surface area contributed by atoms with Crippen molar-refractivity contribution in [3.8, 4) is 0 Å². The molecule has 0 radical (unpaired) electrons. The molecular formula is C18H18O. The third kappa shape index (κ3) is 3.92. The van der Waals surface area contributed by atoms with Gasteiger partial charge in [-0.05, 0) is 41.6 Å². The Kier molecular flexibility index (Phi) is 4.30. The van der Waals surface area contributed by atoms with E-state index in [0.29, 0.717) is 5.92 Å². The quantitative estimate of drug-likeness (QED) is 0.512. The molecule has 0 N–H and O–H groups in total. The van der Waals surface area contributed by atoms with Gasteiger partial charge in [-0.25, -0.2) is 0 Å². The van der Waals surface area contributed by atoms with Crippen molar-refractivity contribution in [2.75, 3.05) is 0 Å². The van der Waals surface area contributed by atoms with Crippen molar-refractivity contribution >= 4 is 5.78 Å². The van der Waals surface area contributed by atoms with Crippen LogP contribution in [-0.4, -0.2) is 5.78 Å². The van der Waals surface area contributed by atoms with E-state index < -0.39 is 0 Å². The first-order valence-electron chi connectivity index (χ1n) is 6.48. The van der Waals surface area contributed by atoms with Crippen LogP contribution in [-0.2, 0) is 4.79 Å². The number of allylic oxidation sites excluding steroid dienone is 12. The number of ketones is 1. The van der Waals surface area contributed by atoms with E-state index in [-0.39, 0.29) is 5.78 Å². The number of carbonyl (C=O) groups is 1. The van der Waals surface area contributed by atoms with Gasteiger partial charge in [-0.3, -0.25) is 4.79 Å². The van der Waals surface area contributed by atoms with E-state index in [0.717, 1.165) is 17.1 Å². The molecule has 2 rings (SSSR count). The Morgan fingerprint density at radius 2 is 2.05 bits per heavy atom. The summed E-state index contributed by atoms with van der Waals surface area (Å²) in [6.07, 6.45) is 19.8. The van der Waals surface area contributed by atoms with E-state index in [9.17, 15) is 4.79 Å². The standard InChI is InChI=1S/C18H18O/c1-3-5-14(4-2)7-10-18(19)11-8-15-6-9-16-13-17(16)12-15/h3-12,16-17H,1-2,13H2/b10-7+,11-8+,14-5+. The van der Waals surface area contributed by atoms with Crippen LogP contribution in [0.4, 0.5) is 0 Å². The van der Waals surface area contributed by atoms with E-state index in [4.69, 9.17) is 0 Å². The van der Waals surface area contributed by atoms with Gasteiger partial charge in [-0.1, -0.05) is 61.8 Å². The topological polar surface area (TPSA) is 17.1 Å². The lowest BCUT2D eigenvalue weighted by molar-refractivity contribution is -0.110. The number of fused-ring (bicyclic) bond motifs is 1. The SMILES string of the molecule is C=C/C=C(C=C)/C=C/C(=O)/C=C/C1=CC2CC2C=C1. The lowest BCUT2D eigenvalue weighted by Gasteiger charge is -1.99. The zero-order valence-corrected chi connectivity index (χ0v) is 11.0. The summed E-state index contributed by atoms with van der Waals surface area (Å²) in [5.74, 6) is 1.44. The van der Waals surface area contributed by atoms with Crippen LogP contribution in [0.1, 0.15) is 6.42 Å². The predicted octanol–water partition coefficient (Wildman–Crippen LogP) is 4.10. The molecule has 0 saturated heterocycles. The van der Waals surface area contributed by atoms with Gasteiger partial charge in [-0.2, -0.15) is 0 Å². The van der Waals surface area contributed by atoms with Crippen LogP contribution in [0.3, 0.4) is 0 Å². The van der Waals surface area contributed by atoms with Gasteiger partial charge in [-0.15, -0.1) is 0 Å². The summed E-state index contributed by atoms with van der Waals surface area (Å²) in [6.45, 7) is 7.29. The second-order valence-electron chi connectivity index (χ2n) is 4.76. The average Bonchev–Trinajstić information content (AvgIpc) is 3.19. The molecule has 1 saturated carbocycles. The fraction of sp³-hybridized carbons (Fsp3) is 0.167. The maximum atomic E-state index is 11.7. The van der Waals surface area contributed by atoms with Crippen molar-refractivity contribution in [3.63, 3.8) is 0 Å². The molecule has 0 aromatic heterocycles. The zero-order valence-electron chi connectivity index (χ0n) is 11.0. The zero-order chi connectivity index (χ0) is 13.7. The van der Waals surface area contributed by atoms with Gasteiger partial charge in [0.15, 0.2) is 5.78 Å². The summed E-state index contributed by atoms with van der Waals surface area (Å²) in [7, 11) is 0. The molecule has 1 heteroatoms. The van der Waals surface area contributed by atoms with Gasteiger partial charge < -0.3 is 0 Å². The molecular weight excluding hydrogens is 232 g/mol. The minimum atomic E-state index is -0.0240. The van der Waals surface area contributed by atoms with Crippen molar-refractivity contribution in [2.45, 2.75) is 6.42 Å². The number of hydrogen-bond donors (Lipinski definition) is 0. The monoisotopic (exact) mass is 250 g/mol. The third-order valence-electron chi connectivity index (χ3n) is 3.26. The first-order valence-corrected chi connectivity index (χ1v) is 6.48. The van der Waals surface area contributed by atoms with Gasteiger partial charge in [0.1, 0.15) is 0 Å².